The molecule has 1 unspecified atom stereocenters. The Labute approximate surface area is 242 Å². The van der Waals surface area contributed by atoms with Crippen molar-refractivity contribution < 1.29 is 23.7 Å². The quantitative estimate of drug-likeness (QED) is 0.176. The first kappa shape index (κ1) is 27.6. The Morgan fingerprint density at radius 3 is 2.05 bits per heavy atom. The van der Waals surface area contributed by atoms with E-state index in [4.69, 9.17) is 18.9 Å². The maximum Gasteiger partial charge on any atom is 0.330 e. The van der Waals surface area contributed by atoms with Crippen LogP contribution in [0.15, 0.2) is 107 Å². The van der Waals surface area contributed by atoms with E-state index >= 15 is 0 Å². The number of esters is 1. The summed E-state index contributed by atoms with van der Waals surface area (Å²) < 4.78 is 25.1. The Kier molecular flexibility index (Phi) is 7.51. The number of hydrogen-bond acceptors (Lipinski definition) is 8. The van der Waals surface area contributed by atoms with Crippen LogP contribution in [-0.2, 0) is 24.6 Å². The number of nitrogens with zero attached hydrogens (tertiary/aromatic N) is 2. The van der Waals surface area contributed by atoms with Crippen molar-refractivity contribution in [3.05, 3.63) is 135 Å². The lowest BCUT2D eigenvalue weighted by Crippen LogP contribution is -2.40. The SMILES string of the molecule is COC(=O)CN1[C@@H]2[C@H]1[C@@H](COC(c1ccccc1)(c1ccccc1)c1ccc(OC)cc1)O[C@H]2n1ccc(=O)[nH]c1=O. The number of H-pyrrole nitrogens is 1. The molecule has 5 atom stereocenters. The van der Waals surface area contributed by atoms with Crippen LogP contribution in [0.1, 0.15) is 22.9 Å². The van der Waals surface area contributed by atoms with Gasteiger partial charge in [0.1, 0.15) is 17.5 Å². The molecular weight excluding hydrogens is 538 g/mol. The molecule has 2 aliphatic rings. The summed E-state index contributed by atoms with van der Waals surface area (Å²) in [6, 6.07) is 28.5. The van der Waals surface area contributed by atoms with Crippen molar-refractivity contribution >= 4 is 5.97 Å². The lowest BCUT2D eigenvalue weighted by atomic mass is 9.80. The summed E-state index contributed by atoms with van der Waals surface area (Å²) in [5.41, 5.74) is 0.647. The molecule has 0 aliphatic carbocycles. The molecule has 4 aromatic rings. The standard InChI is InChI=1S/C32H31N3O7/c1-39-24-15-13-23(14-16-24)32(21-9-5-3-6-10-21,22-11-7-4-8-12-22)41-20-25-28-29(35(28)19-27(37)40-2)30(42-25)34-18-17-26(36)33-31(34)38/h3-18,25,28-30H,19-20H2,1-2H3,(H,33,36,38)/t25-,28-,29-,30-,35?/m1/s1. The molecule has 0 spiro atoms. The van der Waals surface area contributed by atoms with Gasteiger partial charge in [0.05, 0.1) is 39.5 Å². The Morgan fingerprint density at radius 2 is 1.48 bits per heavy atom. The van der Waals surface area contributed by atoms with Crippen molar-refractivity contribution in [2.45, 2.75) is 30.0 Å². The Morgan fingerprint density at radius 1 is 0.857 bits per heavy atom. The van der Waals surface area contributed by atoms with Gasteiger partial charge < -0.3 is 18.9 Å². The Bertz CT molecular complexity index is 1610. The van der Waals surface area contributed by atoms with Crippen LogP contribution in [0.5, 0.6) is 5.75 Å². The summed E-state index contributed by atoms with van der Waals surface area (Å²) in [7, 11) is 2.96. The van der Waals surface area contributed by atoms with Crippen LogP contribution in [0.2, 0.25) is 0 Å². The highest BCUT2D eigenvalue weighted by atomic mass is 16.6. The van der Waals surface area contributed by atoms with Gasteiger partial charge in [-0.15, -0.1) is 0 Å². The van der Waals surface area contributed by atoms with Gasteiger partial charge >= 0.3 is 11.7 Å². The molecule has 0 bridgehead atoms. The maximum absolute atomic E-state index is 12.7. The third kappa shape index (κ3) is 4.94. The summed E-state index contributed by atoms with van der Waals surface area (Å²) in [4.78, 5) is 40.8. The highest BCUT2D eigenvalue weighted by Gasteiger charge is 2.64. The second-order valence-corrected chi connectivity index (χ2v) is 10.3. The van der Waals surface area contributed by atoms with E-state index in [0.717, 1.165) is 22.4 Å². The minimum Gasteiger partial charge on any atom is -0.497 e. The van der Waals surface area contributed by atoms with Gasteiger partial charge in [0, 0.05) is 12.3 Å². The molecule has 2 aliphatic heterocycles. The fourth-order valence-electron chi connectivity index (χ4n) is 5.97. The lowest BCUT2D eigenvalue weighted by Gasteiger charge is -2.37. The molecule has 1 N–H and O–H groups in total. The van der Waals surface area contributed by atoms with E-state index in [-0.39, 0.29) is 25.2 Å². The fourth-order valence-corrected chi connectivity index (χ4v) is 5.97. The predicted octanol–water partition coefficient (Wildman–Crippen LogP) is 2.68. The van der Waals surface area contributed by atoms with E-state index in [1.54, 1.807) is 7.11 Å². The molecule has 3 aromatic carbocycles. The monoisotopic (exact) mass is 569 g/mol. The van der Waals surface area contributed by atoms with Gasteiger partial charge in [-0.2, -0.15) is 0 Å². The fraction of sp³-hybridized carbons (Fsp3) is 0.281. The minimum absolute atomic E-state index is 0.0429. The van der Waals surface area contributed by atoms with E-state index in [9.17, 15) is 14.4 Å². The molecule has 42 heavy (non-hydrogen) atoms. The maximum atomic E-state index is 12.7. The average molecular weight is 570 g/mol. The summed E-state index contributed by atoms with van der Waals surface area (Å²) in [6.45, 7) is 0.185. The number of morpholine rings is 1. The smallest absolute Gasteiger partial charge is 0.330 e. The van der Waals surface area contributed by atoms with Crippen LogP contribution in [-0.4, -0.2) is 66.0 Å². The zero-order valence-corrected chi connectivity index (χ0v) is 23.2. The first-order valence-electron chi connectivity index (χ1n) is 13.7. The molecule has 10 nitrogen and oxygen atoms in total. The number of carbonyl (C=O) groups is 1. The van der Waals surface area contributed by atoms with Crippen LogP contribution >= 0.6 is 0 Å². The van der Waals surface area contributed by atoms with E-state index in [1.165, 1.54) is 23.9 Å². The molecule has 216 valence electrons. The molecular formula is C32H31N3O7. The van der Waals surface area contributed by atoms with Crippen molar-refractivity contribution in [3.63, 3.8) is 0 Å². The molecule has 0 saturated carbocycles. The third-order valence-corrected chi connectivity index (χ3v) is 8.00. The van der Waals surface area contributed by atoms with Crippen LogP contribution in [0.3, 0.4) is 0 Å². The third-order valence-electron chi connectivity index (χ3n) is 8.00. The van der Waals surface area contributed by atoms with Crippen molar-refractivity contribution in [2.75, 3.05) is 27.4 Å². The second kappa shape index (κ2) is 11.4. The van der Waals surface area contributed by atoms with Gasteiger partial charge in [0.2, 0.25) is 0 Å². The second-order valence-electron chi connectivity index (χ2n) is 10.3. The molecule has 2 saturated heterocycles. The number of benzene rings is 3. The minimum atomic E-state index is -1.01. The van der Waals surface area contributed by atoms with Crippen LogP contribution in [0, 0.1) is 0 Å². The van der Waals surface area contributed by atoms with Gasteiger partial charge in [-0.25, -0.2) is 4.79 Å². The van der Waals surface area contributed by atoms with E-state index in [0.29, 0.717) is 0 Å². The van der Waals surface area contributed by atoms with Gasteiger partial charge in [-0.3, -0.25) is 24.0 Å². The zero-order valence-electron chi connectivity index (χ0n) is 23.2. The van der Waals surface area contributed by atoms with Crippen molar-refractivity contribution in [3.8, 4) is 5.75 Å². The normalized spacial score (nSPS) is 22.8. The van der Waals surface area contributed by atoms with E-state index < -0.39 is 35.2 Å². The zero-order chi connectivity index (χ0) is 29.3. The van der Waals surface area contributed by atoms with Crippen LogP contribution < -0.4 is 16.0 Å². The number of aromatic amines is 1. The summed E-state index contributed by atoms with van der Waals surface area (Å²) in [5.74, 6) is 0.333. The molecule has 10 heteroatoms. The predicted molar refractivity (Wildman–Crippen MR) is 153 cm³/mol. The van der Waals surface area contributed by atoms with Crippen molar-refractivity contribution in [1.29, 1.82) is 0 Å². The number of carbonyl (C=O) groups excluding carboxylic acids is 1. The first-order chi connectivity index (χ1) is 20.5. The van der Waals surface area contributed by atoms with Gasteiger partial charge in [0.15, 0.2) is 6.23 Å². The lowest BCUT2D eigenvalue weighted by molar-refractivity contribution is -0.143. The number of rotatable bonds is 10. The number of aromatic nitrogens is 2. The highest BCUT2D eigenvalue weighted by molar-refractivity contribution is 5.72. The highest BCUT2D eigenvalue weighted by Crippen LogP contribution is 2.49. The summed E-state index contributed by atoms with van der Waals surface area (Å²) >= 11 is 0. The number of ether oxygens (including phenoxy) is 4. The van der Waals surface area contributed by atoms with E-state index in [1.807, 2.05) is 89.8 Å². The Hall–Kier alpha value is -4.51. The van der Waals surface area contributed by atoms with Crippen LogP contribution in [0.25, 0.3) is 0 Å². The largest absolute Gasteiger partial charge is 0.497 e. The topological polar surface area (TPSA) is 112 Å². The summed E-state index contributed by atoms with van der Waals surface area (Å²) in [5, 5.41) is 0. The number of nitrogens with one attached hydrogen (secondary N) is 1. The van der Waals surface area contributed by atoms with E-state index in [2.05, 4.69) is 4.98 Å². The molecule has 3 heterocycles. The Balaban J connectivity index is 1.39. The molecule has 2 fully saturated rings. The van der Waals surface area contributed by atoms with Gasteiger partial charge in [0.25, 0.3) is 5.56 Å². The molecule has 6 rings (SSSR count). The van der Waals surface area contributed by atoms with Crippen molar-refractivity contribution in [1.82, 2.24) is 14.5 Å². The van der Waals surface area contributed by atoms with Crippen molar-refractivity contribution in [2.24, 2.45) is 0 Å². The molecule has 0 amide bonds. The first-order valence-corrected chi connectivity index (χ1v) is 13.7. The van der Waals surface area contributed by atoms with Gasteiger partial charge in [-0.05, 0) is 28.8 Å². The number of hydrogen-bond donors (Lipinski definition) is 1. The number of fused-ring (bicyclic) bond motifs is 1. The molecule has 1 aromatic heterocycles. The average Bonchev–Trinajstić information content (AvgIpc) is 3.59. The molecule has 0 radical (unpaired) electrons. The number of methoxy groups -OCH3 is 2. The van der Waals surface area contributed by atoms with Crippen LogP contribution in [0.4, 0.5) is 0 Å². The van der Waals surface area contributed by atoms with Gasteiger partial charge in [-0.1, -0.05) is 72.8 Å². The summed E-state index contributed by atoms with van der Waals surface area (Å²) in [6.07, 6.45) is 0.200.